The van der Waals surface area contributed by atoms with Gasteiger partial charge in [-0.2, -0.15) is 0 Å². The van der Waals surface area contributed by atoms with Gasteiger partial charge in [-0.1, -0.05) is 42.1 Å². The Balaban J connectivity index is 1.50. The Kier molecular flexibility index (Phi) is 7.30. The van der Waals surface area contributed by atoms with Crippen molar-refractivity contribution in [2.24, 2.45) is 0 Å². The lowest BCUT2D eigenvalue weighted by atomic mass is 9.89. The van der Waals surface area contributed by atoms with E-state index >= 15 is 0 Å². The van der Waals surface area contributed by atoms with E-state index in [4.69, 9.17) is 9.72 Å². The Morgan fingerprint density at radius 1 is 1.18 bits per heavy atom. The van der Waals surface area contributed by atoms with Crippen LogP contribution in [-0.2, 0) is 17.8 Å². The summed E-state index contributed by atoms with van der Waals surface area (Å²) in [6.45, 7) is 6.59. The van der Waals surface area contributed by atoms with E-state index in [1.54, 1.807) is 0 Å². The number of nitrogens with one attached hydrogen (secondary N) is 1. The van der Waals surface area contributed by atoms with Crippen molar-refractivity contribution in [1.29, 1.82) is 0 Å². The minimum absolute atomic E-state index is 0.0196. The SMILES string of the molecule is CSc1ncc2c(n1)N(C1CCC(NC(=O)OC(C)(C)C)CC1)C(=O)N(Cc1ccccc1)C2. The third-order valence-electron chi connectivity index (χ3n) is 6.07. The molecular weight excluding hydrogens is 450 g/mol. The standard InChI is InChI=1S/C25H33N5O3S/c1-25(2,3)33-23(31)27-19-10-12-20(13-11-19)30-21-18(14-26-22(28-21)34-4)16-29(24(30)32)15-17-8-6-5-7-9-17/h5-9,14,19-20H,10-13,15-16H2,1-4H3,(H,27,31). The van der Waals surface area contributed by atoms with Gasteiger partial charge in [0, 0.05) is 30.4 Å². The van der Waals surface area contributed by atoms with Crippen LogP contribution in [0.15, 0.2) is 41.7 Å². The molecule has 0 unspecified atom stereocenters. The van der Waals surface area contributed by atoms with E-state index < -0.39 is 5.60 Å². The number of alkyl carbamates (subject to hydrolysis) is 1. The van der Waals surface area contributed by atoms with Crippen molar-refractivity contribution in [3.8, 4) is 0 Å². The number of fused-ring (bicyclic) bond motifs is 1. The average molecular weight is 484 g/mol. The van der Waals surface area contributed by atoms with E-state index in [2.05, 4.69) is 10.3 Å². The summed E-state index contributed by atoms with van der Waals surface area (Å²) in [5.74, 6) is 0.720. The molecule has 4 rings (SSSR count). The van der Waals surface area contributed by atoms with E-state index in [1.165, 1.54) is 11.8 Å². The minimum atomic E-state index is -0.526. The number of anilines is 1. The number of benzene rings is 1. The average Bonchev–Trinajstić information content (AvgIpc) is 2.79. The summed E-state index contributed by atoms with van der Waals surface area (Å²) in [5, 5.41) is 3.65. The van der Waals surface area contributed by atoms with Crippen LogP contribution in [0.4, 0.5) is 15.4 Å². The molecule has 0 atom stereocenters. The van der Waals surface area contributed by atoms with E-state index in [9.17, 15) is 9.59 Å². The maximum absolute atomic E-state index is 13.7. The lowest BCUT2D eigenvalue weighted by Crippen LogP contribution is -2.54. The summed E-state index contributed by atoms with van der Waals surface area (Å²) in [6.07, 6.45) is 6.52. The predicted molar refractivity (Wildman–Crippen MR) is 133 cm³/mol. The Hall–Kier alpha value is -2.81. The van der Waals surface area contributed by atoms with Crippen molar-refractivity contribution in [2.45, 2.75) is 82.4 Å². The fourth-order valence-corrected chi connectivity index (χ4v) is 4.86. The molecule has 0 saturated heterocycles. The molecule has 2 aromatic rings. The molecule has 0 spiro atoms. The monoisotopic (exact) mass is 483 g/mol. The first kappa shape index (κ1) is 24.3. The van der Waals surface area contributed by atoms with Gasteiger partial charge >= 0.3 is 12.1 Å². The molecule has 0 radical (unpaired) electrons. The Bertz CT molecular complexity index is 1020. The van der Waals surface area contributed by atoms with Crippen molar-refractivity contribution in [3.63, 3.8) is 0 Å². The van der Waals surface area contributed by atoms with Gasteiger partial charge in [-0.3, -0.25) is 4.90 Å². The van der Waals surface area contributed by atoms with Crippen LogP contribution in [-0.4, -0.2) is 50.9 Å². The highest BCUT2D eigenvalue weighted by atomic mass is 32.2. The zero-order chi connectivity index (χ0) is 24.3. The maximum atomic E-state index is 13.7. The molecule has 2 aliphatic rings. The third kappa shape index (κ3) is 5.81. The first-order valence-corrected chi connectivity index (χ1v) is 13.0. The Morgan fingerprint density at radius 2 is 1.88 bits per heavy atom. The number of amides is 3. The highest BCUT2D eigenvalue weighted by Crippen LogP contribution is 2.35. The first-order valence-electron chi connectivity index (χ1n) is 11.7. The third-order valence-corrected chi connectivity index (χ3v) is 6.63. The number of urea groups is 1. The first-order chi connectivity index (χ1) is 16.2. The summed E-state index contributed by atoms with van der Waals surface area (Å²) in [7, 11) is 0. The molecule has 1 fully saturated rings. The van der Waals surface area contributed by atoms with Gasteiger partial charge in [-0.15, -0.1) is 0 Å². The number of aromatic nitrogens is 2. The number of carbonyl (C=O) groups excluding carboxylic acids is 2. The highest BCUT2D eigenvalue weighted by molar-refractivity contribution is 7.98. The quantitative estimate of drug-likeness (QED) is 0.477. The fraction of sp³-hybridized carbons (Fsp3) is 0.520. The van der Waals surface area contributed by atoms with E-state index in [0.29, 0.717) is 18.2 Å². The van der Waals surface area contributed by atoms with Crippen molar-refractivity contribution >= 4 is 29.7 Å². The van der Waals surface area contributed by atoms with Crippen LogP contribution >= 0.6 is 11.8 Å². The number of hydrogen-bond donors (Lipinski definition) is 1. The Morgan fingerprint density at radius 3 is 2.53 bits per heavy atom. The van der Waals surface area contributed by atoms with Gasteiger partial charge in [0.2, 0.25) is 0 Å². The largest absolute Gasteiger partial charge is 0.444 e. The van der Waals surface area contributed by atoms with Gasteiger partial charge in [-0.05, 0) is 58.3 Å². The topological polar surface area (TPSA) is 87.7 Å². The molecule has 2 heterocycles. The van der Waals surface area contributed by atoms with Crippen LogP contribution in [0.2, 0.25) is 0 Å². The van der Waals surface area contributed by atoms with Crippen LogP contribution in [0.5, 0.6) is 0 Å². The van der Waals surface area contributed by atoms with Crippen LogP contribution < -0.4 is 10.2 Å². The lowest BCUT2D eigenvalue weighted by molar-refractivity contribution is 0.0490. The molecule has 8 nitrogen and oxygen atoms in total. The van der Waals surface area contributed by atoms with Crippen molar-refractivity contribution < 1.29 is 14.3 Å². The molecule has 1 saturated carbocycles. The fourth-order valence-electron chi connectivity index (χ4n) is 4.53. The summed E-state index contributed by atoms with van der Waals surface area (Å²) in [6, 6.07) is 10.1. The van der Waals surface area contributed by atoms with Crippen LogP contribution in [0.1, 0.15) is 57.6 Å². The second kappa shape index (κ2) is 10.2. The molecule has 1 aromatic carbocycles. The summed E-state index contributed by atoms with van der Waals surface area (Å²) in [5.41, 5.74) is 1.52. The van der Waals surface area contributed by atoms with Gasteiger partial charge in [0.25, 0.3) is 0 Å². The molecule has 1 aliphatic heterocycles. The lowest BCUT2D eigenvalue weighted by Gasteiger charge is -2.42. The minimum Gasteiger partial charge on any atom is -0.444 e. The van der Waals surface area contributed by atoms with Crippen molar-refractivity contribution in [2.75, 3.05) is 11.2 Å². The highest BCUT2D eigenvalue weighted by Gasteiger charge is 2.38. The van der Waals surface area contributed by atoms with Crippen LogP contribution in [0, 0.1) is 0 Å². The number of nitrogens with zero attached hydrogens (tertiary/aromatic N) is 4. The number of carbonyl (C=O) groups is 2. The van der Waals surface area contributed by atoms with Gasteiger partial charge < -0.3 is 15.0 Å². The van der Waals surface area contributed by atoms with E-state index in [-0.39, 0.29) is 24.2 Å². The molecule has 9 heteroatoms. The Labute approximate surface area is 205 Å². The molecule has 3 amide bonds. The van der Waals surface area contributed by atoms with E-state index in [0.717, 1.165) is 42.6 Å². The van der Waals surface area contributed by atoms with Crippen molar-refractivity contribution in [1.82, 2.24) is 20.2 Å². The maximum Gasteiger partial charge on any atom is 0.407 e. The van der Waals surface area contributed by atoms with Crippen LogP contribution in [0.25, 0.3) is 0 Å². The van der Waals surface area contributed by atoms with Gasteiger partial charge in [0.1, 0.15) is 11.4 Å². The van der Waals surface area contributed by atoms with E-state index in [1.807, 2.05) is 73.4 Å². The second-order valence-electron chi connectivity index (χ2n) is 9.85. The predicted octanol–water partition coefficient (Wildman–Crippen LogP) is 4.98. The van der Waals surface area contributed by atoms with Crippen molar-refractivity contribution in [3.05, 3.63) is 47.7 Å². The number of ether oxygens (including phenoxy) is 1. The van der Waals surface area contributed by atoms with Gasteiger partial charge in [0.15, 0.2) is 5.16 Å². The molecular formula is C25H33N5O3S. The molecule has 34 heavy (non-hydrogen) atoms. The number of thioether (sulfide) groups is 1. The number of hydrogen-bond acceptors (Lipinski definition) is 6. The summed E-state index contributed by atoms with van der Waals surface area (Å²) < 4.78 is 5.40. The second-order valence-corrected chi connectivity index (χ2v) is 10.6. The number of rotatable bonds is 5. The van der Waals surface area contributed by atoms with Crippen LogP contribution in [0.3, 0.4) is 0 Å². The zero-order valence-corrected chi connectivity index (χ0v) is 21.1. The normalized spacial score (nSPS) is 20.6. The molecule has 0 bridgehead atoms. The molecule has 182 valence electrons. The molecule has 1 aromatic heterocycles. The summed E-state index contributed by atoms with van der Waals surface area (Å²) in [4.78, 5) is 38.8. The summed E-state index contributed by atoms with van der Waals surface area (Å²) >= 11 is 1.47. The smallest absolute Gasteiger partial charge is 0.407 e. The molecule has 1 aliphatic carbocycles. The van der Waals surface area contributed by atoms with Gasteiger partial charge in [-0.25, -0.2) is 19.6 Å². The zero-order valence-electron chi connectivity index (χ0n) is 20.3. The van der Waals surface area contributed by atoms with Gasteiger partial charge in [0.05, 0.1) is 6.54 Å². The molecule has 1 N–H and O–H groups in total.